The molecule has 1 rings (SSSR count). The predicted molar refractivity (Wildman–Crippen MR) is 74.9 cm³/mol. The van der Waals surface area contributed by atoms with E-state index in [0.717, 1.165) is 25.2 Å². The molecule has 3 heteroatoms. The van der Waals surface area contributed by atoms with Crippen molar-refractivity contribution < 1.29 is 9.53 Å². The van der Waals surface area contributed by atoms with Gasteiger partial charge in [-0.25, -0.2) is 0 Å². The summed E-state index contributed by atoms with van der Waals surface area (Å²) in [4.78, 5) is 11.5. The van der Waals surface area contributed by atoms with E-state index in [-0.39, 0.29) is 9.89 Å². The van der Waals surface area contributed by atoms with Crippen molar-refractivity contribution in [3.63, 3.8) is 0 Å². The van der Waals surface area contributed by atoms with E-state index in [2.05, 4.69) is 29.5 Å². The summed E-state index contributed by atoms with van der Waals surface area (Å²) in [6, 6.07) is 0. The SMILES string of the molecule is CCCC(I)C(=O)OCCC1CCCCC1. The molecule has 1 fully saturated rings. The highest BCUT2D eigenvalue weighted by atomic mass is 127. The molecule has 0 aromatic rings. The fourth-order valence-corrected chi connectivity index (χ4v) is 3.07. The van der Waals surface area contributed by atoms with Crippen molar-refractivity contribution in [2.75, 3.05) is 6.61 Å². The summed E-state index contributed by atoms with van der Waals surface area (Å²) >= 11 is 2.19. The average Bonchev–Trinajstić information content (AvgIpc) is 2.30. The predicted octanol–water partition coefficient (Wildman–Crippen LogP) is 4.10. The fraction of sp³-hybridized carbons (Fsp3) is 0.923. The highest BCUT2D eigenvalue weighted by Crippen LogP contribution is 2.26. The minimum atomic E-state index is -0.0155. The van der Waals surface area contributed by atoms with Crippen LogP contribution in [0.15, 0.2) is 0 Å². The lowest BCUT2D eigenvalue weighted by Gasteiger charge is -2.21. The number of hydrogen-bond donors (Lipinski definition) is 0. The van der Waals surface area contributed by atoms with E-state index in [0.29, 0.717) is 6.61 Å². The van der Waals surface area contributed by atoms with Gasteiger partial charge in [0, 0.05) is 0 Å². The molecule has 0 spiro atoms. The van der Waals surface area contributed by atoms with Crippen LogP contribution >= 0.6 is 22.6 Å². The molecule has 0 bridgehead atoms. The molecule has 1 aliphatic rings. The van der Waals surface area contributed by atoms with Gasteiger partial charge in [-0.15, -0.1) is 0 Å². The molecule has 1 aliphatic carbocycles. The molecule has 94 valence electrons. The Kier molecular flexibility index (Phi) is 7.41. The number of carbonyl (C=O) groups is 1. The Bertz CT molecular complexity index is 200. The molecule has 1 unspecified atom stereocenters. The molecule has 0 amide bonds. The quantitative estimate of drug-likeness (QED) is 0.414. The third-order valence-electron chi connectivity index (χ3n) is 3.29. The van der Waals surface area contributed by atoms with Crippen LogP contribution in [-0.4, -0.2) is 16.5 Å². The Labute approximate surface area is 113 Å². The lowest BCUT2D eigenvalue weighted by atomic mass is 9.87. The monoisotopic (exact) mass is 338 g/mol. The van der Waals surface area contributed by atoms with Gasteiger partial charge in [-0.05, 0) is 18.8 Å². The van der Waals surface area contributed by atoms with E-state index < -0.39 is 0 Å². The third-order valence-corrected chi connectivity index (χ3v) is 4.42. The molecule has 0 N–H and O–H groups in total. The van der Waals surface area contributed by atoms with Crippen molar-refractivity contribution in [2.45, 2.75) is 62.2 Å². The van der Waals surface area contributed by atoms with Crippen molar-refractivity contribution in [3.8, 4) is 0 Å². The Balaban J connectivity index is 2.07. The summed E-state index contributed by atoms with van der Waals surface area (Å²) in [7, 11) is 0. The molecular weight excluding hydrogens is 315 g/mol. The van der Waals surface area contributed by atoms with Crippen LogP contribution in [0.5, 0.6) is 0 Å². The maximum Gasteiger partial charge on any atom is 0.318 e. The average molecular weight is 338 g/mol. The van der Waals surface area contributed by atoms with Gasteiger partial charge in [-0.2, -0.15) is 0 Å². The summed E-state index contributed by atoms with van der Waals surface area (Å²) in [6.07, 6.45) is 9.84. The minimum Gasteiger partial charge on any atom is -0.465 e. The van der Waals surface area contributed by atoms with Crippen molar-refractivity contribution in [2.24, 2.45) is 5.92 Å². The molecular formula is C13H23IO2. The Hall–Kier alpha value is 0.200. The normalized spacial score (nSPS) is 19.4. The van der Waals surface area contributed by atoms with Crippen molar-refractivity contribution >= 4 is 28.6 Å². The zero-order valence-corrected chi connectivity index (χ0v) is 12.4. The highest BCUT2D eigenvalue weighted by molar-refractivity contribution is 14.1. The van der Waals surface area contributed by atoms with Gasteiger partial charge in [-0.3, -0.25) is 4.79 Å². The van der Waals surface area contributed by atoms with Crippen LogP contribution < -0.4 is 0 Å². The second kappa shape index (κ2) is 8.31. The van der Waals surface area contributed by atoms with Gasteiger partial charge in [0.25, 0.3) is 0 Å². The van der Waals surface area contributed by atoms with E-state index in [1.165, 1.54) is 32.1 Å². The van der Waals surface area contributed by atoms with E-state index in [1.54, 1.807) is 0 Å². The van der Waals surface area contributed by atoms with Gasteiger partial charge in [0.05, 0.1) is 6.61 Å². The van der Waals surface area contributed by atoms with Crippen LogP contribution in [-0.2, 0) is 9.53 Å². The lowest BCUT2D eigenvalue weighted by Crippen LogP contribution is -2.19. The molecule has 1 saturated carbocycles. The Morgan fingerprint density at radius 1 is 1.38 bits per heavy atom. The molecule has 16 heavy (non-hydrogen) atoms. The molecule has 0 aromatic heterocycles. The van der Waals surface area contributed by atoms with Gasteiger partial charge in [0.15, 0.2) is 0 Å². The maximum atomic E-state index is 11.5. The maximum absolute atomic E-state index is 11.5. The summed E-state index contributed by atoms with van der Waals surface area (Å²) in [5.74, 6) is 0.790. The number of esters is 1. The topological polar surface area (TPSA) is 26.3 Å². The van der Waals surface area contributed by atoms with Crippen molar-refractivity contribution in [3.05, 3.63) is 0 Å². The van der Waals surface area contributed by atoms with Crippen LogP contribution in [0.2, 0.25) is 0 Å². The van der Waals surface area contributed by atoms with Gasteiger partial charge in [0.2, 0.25) is 0 Å². The zero-order valence-electron chi connectivity index (χ0n) is 10.2. The Morgan fingerprint density at radius 2 is 2.06 bits per heavy atom. The van der Waals surface area contributed by atoms with Crippen LogP contribution in [0.3, 0.4) is 0 Å². The molecule has 0 saturated heterocycles. The number of hydrogen-bond acceptors (Lipinski definition) is 2. The van der Waals surface area contributed by atoms with Gasteiger partial charge >= 0.3 is 5.97 Å². The third kappa shape index (κ3) is 5.51. The summed E-state index contributed by atoms with van der Waals surface area (Å²) in [6.45, 7) is 2.73. The minimum absolute atomic E-state index is 0.0155. The summed E-state index contributed by atoms with van der Waals surface area (Å²) in [5.41, 5.74) is 0. The van der Waals surface area contributed by atoms with Gasteiger partial charge < -0.3 is 4.74 Å². The lowest BCUT2D eigenvalue weighted by molar-refractivity contribution is -0.143. The highest BCUT2D eigenvalue weighted by Gasteiger charge is 2.17. The number of ether oxygens (including phenoxy) is 1. The number of rotatable bonds is 6. The standard InChI is InChI=1S/C13H23IO2/c1-2-6-12(14)13(15)16-10-9-11-7-4-3-5-8-11/h11-12H,2-10H2,1H3. The van der Waals surface area contributed by atoms with E-state index in [9.17, 15) is 4.79 Å². The first-order valence-electron chi connectivity index (χ1n) is 6.54. The Morgan fingerprint density at radius 3 is 2.69 bits per heavy atom. The molecule has 0 radical (unpaired) electrons. The second-order valence-electron chi connectivity index (χ2n) is 4.72. The van der Waals surface area contributed by atoms with Crippen LogP contribution in [0, 0.1) is 5.92 Å². The van der Waals surface area contributed by atoms with Crippen molar-refractivity contribution in [1.82, 2.24) is 0 Å². The zero-order chi connectivity index (χ0) is 11.8. The smallest absolute Gasteiger partial charge is 0.318 e. The largest absolute Gasteiger partial charge is 0.465 e. The molecule has 0 aliphatic heterocycles. The number of carbonyl (C=O) groups excluding carboxylic acids is 1. The number of halogens is 1. The molecule has 0 aromatic carbocycles. The molecule has 2 nitrogen and oxygen atoms in total. The van der Waals surface area contributed by atoms with Gasteiger partial charge in [-0.1, -0.05) is 68.0 Å². The van der Waals surface area contributed by atoms with E-state index in [1.807, 2.05) is 0 Å². The van der Waals surface area contributed by atoms with Crippen molar-refractivity contribution in [1.29, 1.82) is 0 Å². The van der Waals surface area contributed by atoms with E-state index in [4.69, 9.17) is 4.74 Å². The first kappa shape index (κ1) is 14.3. The summed E-state index contributed by atoms with van der Waals surface area (Å²) < 4.78 is 5.36. The molecule has 1 atom stereocenters. The number of alkyl halides is 1. The first-order chi connectivity index (χ1) is 7.74. The first-order valence-corrected chi connectivity index (χ1v) is 7.79. The van der Waals surface area contributed by atoms with E-state index >= 15 is 0 Å². The summed E-state index contributed by atoms with van der Waals surface area (Å²) in [5, 5.41) is 0. The second-order valence-corrected chi connectivity index (χ2v) is 6.22. The fourth-order valence-electron chi connectivity index (χ4n) is 2.26. The molecule has 0 heterocycles. The van der Waals surface area contributed by atoms with Crippen LogP contribution in [0.1, 0.15) is 58.3 Å². The van der Waals surface area contributed by atoms with Crippen LogP contribution in [0.25, 0.3) is 0 Å². The van der Waals surface area contributed by atoms with Crippen LogP contribution in [0.4, 0.5) is 0 Å². The van der Waals surface area contributed by atoms with Gasteiger partial charge in [0.1, 0.15) is 3.92 Å².